The van der Waals surface area contributed by atoms with E-state index in [9.17, 15) is 19.8 Å². The van der Waals surface area contributed by atoms with Crippen LogP contribution in [0.25, 0.3) is 5.69 Å². The lowest BCUT2D eigenvalue weighted by Gasteiger charge is -2.35. The quantitative estimate of drug-likeness (QED) is 0.881. The number of nitrogens with zero attached hydrogens (tertiary/aromatic N) is 3. The van der Waals surface area contributed by atoms with Crippen LogP contribution in [0.5, 0.6) is 0 Å². The van der Waals surface area contributed by atoms with Crippen molar-refractivity contribution < 1.29 is 19.8 Å². The molecule has 2 N–H and O–H groups in total. The van der Waals surface area contributed by atoms with E-state index in [0.717, 1.165) is 17.1 Å². The fourth-order valence-corrected chi connectivity index (χ4v) is 3.25. The largest absolute Gasteiger partial charge is 0.480 e. The molecule has 1 aromatic heterocycles. The molecule has 1 amide bonds. The number of rotatable bonds is 3. The van der Waals surface area contributed by atoms with E-state index >= 15 is 0 Å². The molecular weight excluding hydrogens is 322 g/mol. The van der Waals surface area contributed by atoms with Gasteiger partial charge in [0.25, 0.3) is 5.91 Å². The molecule has 3 rings (SSSR count). The third-order valence-corrected chi connectivity index (χ3v) is 4.47. The molecule has 1 fully saturated rings. The van der Waals surface area contributed by atoms with Crippen LogP contribution >= 0.6 is 0 Å². The molecule has 2 atom stereocenters. The van der Waals surface area contributed by atoms with Crippen molar-refractivity contribution in [1.29, 1.82) is 0 Å². The van der Waals surface area contributed by atoms with Crippen molar-refractivity contribution in [3.8, 4) is 5.69 Å². The van der Waals surface area contributed by atoms with Gasteiger partial charge in [-0.2, -0.15) is 5.10 Å². The van der Waals surface area contributed by atoms with Crippen LogP contribution in [0.1, 0.15) is 34.6 Å². The van der Waals surface area contributed by atoms with E-state index in [1.807, 2.05) is 26.0 Å². The summed E-state index contributed by atoms with van der Waals surface area (Å²) in [7, 11) is 0. The minimum atomic E-state index is -1.10. The van der Waals surface area contributed by atoms with Gasteiger partial charge >= 0.3 is 5.97 Å². The zero-order valence-corrected chi connectivity index (χ0v) is 14.2. The van der Waals surface area contributed by atoms with E-state index in [1.165, 1.54) is 4.90 Å². The van der Waals surface area contributed by atoms with E-state index in [2.05, 4.69) is 5.10 Å². The molecule has 1 aromatic carbocycles. The minimum absolute atomic E-state index is 0.0538. The summed E-state index contributed by atoms with van der Waals surface area (Å²) in [5.41, 5.74) is 2.99. The van der Waals surface area contributed by atoms with Crippen molar-refractivity contribution in [3.63, 3.8) is 0 Å². The average molecular weight is 343 g/mol. The highest BCUT2D eigenvalue weighted by atomic mass is 16.4. The van der Waals surface area contributed by atoms with Crippen LogP contribution in [0, 0.1) is 13.8 Å². The number of carboxylic acids is 1. The molecule has 132 valence electrons. The standard InChI is InChI=1S/C18H21N3O4/c1-11-8-12(2)21(19-11)14-5-3-4-13(9-14)17(23)20-7-6-15(22)10-16(20)18(24)25/h3-5,8-9,15-16,22H,6-7,10H2,1-2H3,(H,24,25)/t15-,16+/m0/s1. The first kappa shape index (κ1) is 17.2. The average Bonchev–Trinajstić information content (AvgIpc) is 2.92. The Kier molecular flexibility index (Phi) is 4.59. The van der Waals surface area contributed by atoms with Crippen molar-refractivity contribution in [2.24, 2.45) is 0 Å². The highest BCUT2D eigenvalue weighted by Crippen LogP contribution is 2.22. The Morgan fingerprint density at radius 2 is 2.00 bits per heavy atom. The van der Waals surface area contributed by atoms with Gasteiger partial charge in [0.05, 0.1) is 17.5 Å². The lowest BCUT2D eigenvalue weighted by molar-refractivity contribution is -0.145. The van der Waals surface area contributed by atoms with E-state index in [0.29, 0.717) is 12.0 Å². The molecule has 2 aromatic rings. The molecule has 0 bridgehead atoms. The normalized spacial score (nSPS) is 20.5. The summed E-state index contributed by atoms with van der Waals surface area (Å²) in [5.74, 6) is -1.44. The van der Waals surface area contributed by atoms with Crippen LogP contribution in [0.3, 0.4) is 0 Å². The van der Waals surface area contributed by atoms with Crippen molar-refractivity contribution in [2.75, 3.05) is 6.54 Å². The zero-order chi connectivity index (χ0) is 18.1. The number of aryl methyl sites for hydroxylation is 2. The summed E-state index contributed by atoms with van der Waals surface area (Å²) in [6, 6.07) is 7.93. The number of carboxylic acid groups (broad SMARTS) is 1. The van der Waals surface area contributed by atoms with Crippen LogP contribution in [-0.4, -0.2) is 55.5 Å². The monoisotopic (exact) mass is 343 g/mol. The van der Waals surface area contributed by atoms with E-state index in [4.69, 9.17) is 0 Å². The summed E-state index contributed by atoms with van der Waals surface area (Å²) in [5, 5.41) is 23.5. The van der Waals surface area contributed by atoms with E-state index in [-0.39, 0.29) is 18.9 Å². The smallest absolute Gasteiger partial charge is 0.326 e. The number of aliphatic hydroxyl groups excluding tert-OH is 1. The SMILES string of the molecule is Cc1cc(C)n(-c2cccc(C(=O)N3CC[C@H](O)C[C@@H]3C(=O)O)c2)n1. The predicted octanol–water partition coefficient (Wildman–Crippen LogP) is 1.54. The van der Waals surface area contributed by atoms with Gasteiger partial charge in [-0.15, -0.1) is 0 Å². The molecule has 0 saturated carbocycles. The molecule has 7 nitrogen and oxygen atoms in total. The number of carbonyl (C=O) groups is 2. The summed E-state index contributed by atoms with van der Waals surface area (Å²) in [4.78, 5) is 25.6. The Labute approximate surface area is 145 Å². The Balaban J connectivity index is 1.91. The van der Waals surface area contributed by atoms with Crippen LogP contribution < -0.4 is 0 Å². The number of hydrogen-bond donors (Lipinski definition) is 2. The summed E-state index contributed by atoms with van der Waals surface area (Å²) >= 11 is 0. The van der Waals surface area contributed by atoms with Gasteiger partial charge in [0.2, 0.25) is 0 Å². The topological polar surface area (TPSA) is 95.7 Å². The molecule has 0 spiro atoms. The first-order valence-electron chi connectivity index (χ1n) is 8.22. The number of hydrogen-bond acceptors (Lipinski definition) is 4. The molecule has 0 unspecified atom stereocenters. The first-order valence-corrected chi connectivity index (χ1v) is 8.22. The number of aliphatic hydroxyl groups is 1. The fourth-order valence-electron chi connectivity index (χ4n) is 3.25. The Morgan fingerprint density at radius 1 is 1.24 bits per heavy atom. The maximum absolute atomic E-state index is 12.8. The number of aromatic nitrogens is 2. The molecule has 1 aliphatic heterocycles. The first-order chi connectivity index (χ1) is 11.9. The fraction of sp³-hybridized carbons (Fsp3) is 0.389. The maximum atomic E-state index is 12.8. The van der Waals surface area contributed by atoms with Crippen LogP contribution in [0.2, 0.25) is 0 Å². The number of amides is 1. The van der Waals surface area contributed by atoms with Crippen LogP contribution in [0.15, 0.2) is 30.3 Å². The minimum Gasteiger partial charge on any atom is -0.480 e. The zero-order valence-electron chi connectivity index (χ0n) is 14.2. The number of carbonyl (C=O) groups excluding carboxylic acids is 1. The van der Waals surface area contributed by atoms with Gasteiger partial charge in [-0.1, -0.05) is 6.07 Å². The molecular formula is C18H21N3O4. The van der Waals surface area contributed by atoms with Gasteiger partial charge in [-0.05, 0) is 44.5 Å². The van der Waals surface area contributed by atoms with Crippen molar-refractivity contribution in [3.05, 3.63) is 47.3 Å². The van der Waals surface area contributed by atoms with Crippen LogP contribution in [-0.2, 0) is 4.79 Å². The van der Waals surface area contributed by atoms with Gasteiger partial charge in [-0.25, -0.2) is 9.48 Å². The molecule has 1 aliphatic rings. The van der Waals surface area contributed by atoms with Gasteiger partial charge in [0.15, 0.2) is 0 Å². The Bertz CT molecular complexity index is 814. The highest BCUT2D eigenvalue weighted by Gasteiger charge is 2.36. The second-order valence-electron chi connectivity index (χ2n) is 6.42. The molecule has 0 radical (unpaired) electrons. The summed E-state index contributed by atoms with van der Waals surface area (Å²) in [6.45, 7) is 4.05. The summed E-state index contributed by atoms with van der Waals surface area (Å²) in [6.07, 6.45) is -0.253. The highest BCUT2D eigenvalue weighted by molar-refractivity contribution is 5.97. The Hall–Kier alpha value is -2.67. The number of likely N-dealkylation sites (tertiary alicyclic amines) is 1. The van der Waals surface area contributed by atoms with Gasteiger partial charge in [0.1, 0.15) is 6.04 Å². The molecule has 0 aliphatic carbocycles. The molecule has 25 heavy (non-hydrogen) atoms. The van der Waals surface area contributed by atoms with Gasteiger partial charge in [0, 0.05) is 24.2 Å². The van der Waals surface area contributed by atoms with E-state index in [1.54, 1.807) is 22.9 Å². The van der Waals surface area contributed by atoms with E-state index < -0.39 is 18.1 Å². The lowest BCUT2D eigenvalue weighted by atomic mass is 9.98. The second kappa shape index (κ2) is 6.68. The van der Waals surface area contributed by atoms with Crippen LogP contribution in [0.4, 0.5) is 0 Å². The van der Waals surface area contributed by atoms with Crippen molar-refractivity contribution in [1.82, 2.24) is 14.7 Å². The summed E-state index contributed by atoms with van der Waals surface area (Å²) < 4.78 is 1.75. The van der Waals surface area contributed by atoms with Gasteiger partial charge < -0.3 is 15.1 Å². The molecule has 7 heteroatoms. The molecule has 1 saturated heterocycles. The second-order valence-corrected chi connectivity index (χ2v) is 6.42. The third-order valence-electron chi connectivity index (χ3n) is 4.47. The third kappa shape index (κ3) is 3.41. The van der Waals surface area contributed by atoms with Crippen molar-refractivity contribution in [2.45, 2.75) is 38.8 Å². The maximum Gasteiger partial charge on any atom is 0.326 e. The lowest BCUT2D eigenvalue weighted by Crippen LogP contribution is -2.51. The Morgan fingerprint density at radius 3 is 2.64 bits per heavy atom. The van der Waals surface area contributed by atoms with Crippen molar-refractivity contribution >= 4 is 11.9 Å². The van der Waals surface area contributed by atoms with Gasteiger partial charge in [-0.3, -0.25) is 4.79 Å². The predicted molar refractivity (Wildman–Crippen MR) is 90.7 cm³/mol. The molecule has 2 heterocycles. The number of aliphatic carboxylic acids is 1. The number of piperidine rings is 1. The number of benzene rings is 1.